The molecule has 0 saturated heterocycles. The first-order valence-corrected chi connectivity index (χ1v) is 8.96. The van der Waals surface area contributed by atoms with Crippen LogP contribution in [0.3, 0.4) is 0 Å². The first-order chi connectivity index (χ1) is 9.91. The third-order valence-corrected chi connectivity index (χ3v) is 4.67. The zero-order chi connectivity index (χ0) is 15.8. The molecule has 0 aromatic rings. The second-order valence-corrected chi connectivity index (χ2v) is 7.73. The van der Waals surface area contributed by atoms with Gasteiger partial charge < -0.3 is 15.0 Å². The number of nitrogens with zero attached hydrogens (tertiary/aromatic N) is 1. The van der Waals surface area contributed by atoms with Crippen molar-refractivity contribution in [1.29, 1.82) is 0 Å². The van der Waals surface area contributed by atoms with E-state index in [0.717, 1.165) is 32.8 Å². The Labute approximate surface area is 132 Å². The summed E-state index contributed by atoms with van der Waals surface area (Å²) < 4.78 is 5.54. The molecule has 126 valence electrons. The highest BCUT2D eigenvalue weighted by Crippen LogP contribution is 2.37. The molecule has 0 amide bonds. The average molecular weight is 299 g/mol. The molecule has 3 heteroatoms. The van der Waals surface area contributed by atoms with Crippen molar-refractivity contribution in [2.45, 2.75) is 72.3 Å². The van der Waals surface area contributed by atoms with Gasteiger partial charge >= 0.3 is 0 Å². The van der Waals surface area contributed by atoms with E-state index in [1.165, 1.54) is 38.6 Å². The molecule has 0 aliphatic heterocycles. The predicted molar refractivity (Wildman–Crippen MR) is 91.9 cm³/mol. The average Bonchev–Trinajstić information content (AvgIpc) is 2.45. The maximum absolute atomic E-state index is 5.54. The van der Waals surface area contributed by atoms with Crippen molar-refractivity contribution in [3.8, 4) is 0 Å². The minimum absolute atomic E-state index is 0.215. The molecular formula is C18H38N2O. The molecule has 1 N–H and O–H groups in total. The Morgan fingerprint density at radius 3 is 2.29 bits per heavy atom. The zero-order valence-electron chi connectivity index (χ0n) is 15.1. The highest BCUT2D eigenvalue weighted by Gasteiger charge is 2.34. The highest BCUT2D eigenvalue weighted by atomic mass is 16.5. The smallest absolute Gasteiger partial charge is 0.0593 e. The first-order valence-electron chi connectivity index (χ1n) is 8.96. The van der Waals surface area contributed by atoms with E-state index in [4.69, 9.17) is 4.74 Å². The number of nitrogens with one attached hydrogen (secondary N) is 1. The SMILES string of the molecule is CCOCCN(CC)CC1(CNC(C)(C)C)CCCCC1. The molecule has 1 rings (SSSR count). The molecule has 1 aliphatic rings. The molecular weight excluding hydrogens is 260 g/mol. The Bertz CT molecular complexity index is 267. The van der Waals surface area contributed by atoms with E-state index in [-0.39, 0.29) is 5.54 Å². The van der Waals surface area contributed by atoms with Gasteiger partial charge in [0.25, 0.3) is 0 Å². The first kappa shape index (κ1) is 18.9. The van der Waals surface area contributed by atoms with Gasteiger partial charge in [0.2, 0.25) is 0 Å². The van der Waals surface area contributed by atoms with Crippen molar-refractivity contribution >= 4 is 0 Å². The van der Waals surface area contributed by atoms with Gasteiger partial charge in [-0.2, -0.15) is 0 Å². The molecule has 0 bridgehead atoms. The summed E-state index contributed by atoms with van der Waals surface area (Å²) in [4.78, 5) is 2.59. The normalized spacial score (nSPS) is 19.1. The quantitative estimate of drug-likeness (QED) is 0.657. The summed E-state index contributed by atoms with van der Waals surface area (Å²) >= 11 is 0. The van der Waals surface area contributed by atoms with E-state index >= 15 is 0 Å². The van der Waals surface area contributed by atoms with Crippen LogP contribution in [-0.4, -0.2) is 49.8 Å². The van der Waals surface area contributed by atoms with Gasteiger partial charge in [0, 0.05) is 31.8 Å². The molecule has 0 heterocycles. The number of likely N-dealkylation sites (N-methyl/N-ethyl adjacent to an activating group) is 1. The molecule has 0 atom stereocenters. The van der Waals surface area contributed by atoms with Gasteiger partial charge in [-0.15, -0.1) is 0 Å². The fraction of sp³-hybridized carbons (Fsp3) is 1.00. The van der Waals surface area contributed by atoms with Crippen LogP contribution in [0.2, 0.25) is 0 Å². The van der Waals surface area contributed by atoms with E-state index in [9.17, 15) is 0 Å². The predicted octanol–water partition coefficient (Wildman–Crippen LogP) is 3.68. The zero-order valence-corrected chi connectivity index (χ0v) is 15.1. The van der Waals surface area contributed by atoms with Crippen LogP contribution in [0.15, 0.2) is 0 Å². The van der Waals surface area contributed by atoms with Crippen LogP contribution >= 0.6 is 0 Å². The number of hydrogen-bond donors (Lipinski definition) is 1. The van der Waals surface area contributed by atoms with Gasteiger partial charge in [-0.3, -0.25) is 0 Å². The second kappa shape index (κ2) is 9.12. The van der Waals surface area contributed by atoms with Crippen LogP contribution in [-0.2, 0) is 4.74 Å². The lowest BCUT2D eigenvalue weighted by molar-refractivity contribution is 0.0670. The van der Waals surface area contributed by atoms with Gasteiger partial charge in [-0.1, -0.05) is 26.2 Å². The van der Waals surface area contributed by atoms with E-state index in [1.807, 2.05) is 0 Å². The molecule has 3 nitrogen and oxygen atoms in total. The van der Waals surface area contributed by atoms with Gasteiger partial charge in [0.15, 0.2) is 0 Å². The molecule has 0 aromatic carbocycles. The lowest BCUT2D eigenvalue weighted by Crippen LogP contribution is -2.50. The standard InChI is InChI=1S/C18H38N2O/c1-6-20(13-14-21-7-2)16-18(11-9-8-10-12-18)15-19-17(3,4)5/h19H,6-16H2,1-5H3. The fourth-order valence-corrected chi connectivity index (χ4v) is 3.31. The molecule has 0 aromatic heterocycles. The van der Waals surface area contributed by atoms with Gasteiger partial charge in [-0.25, -0.2) is 0 Å². The molecule has 0 radical (unpaired) electrons. The largest absolute Gasteiger partial charge is 0.380 e. The van der Waals surface area contributed by atoms with E-state index in [1.54, 1.807) is 0 Å². The lowest BCUT2D eigenvalue weighted by atomic mass is 9.73. The number of ether oxygens (including phenoxy) is 1. The second-order valence-electron chi connectivity index (χ2n) is 7.73. The van der Waals surface area contributed by atoms with Crippen LogP contribution in [0, 0.1) is 5.41 Å². The minimum Gasteiger partial charge on any atom is -0.380 e. The van der Waals surface area contributed by atoms with Gasteiger partial charge in [0.1, 0.15) is 0 Å². The summed E-state index contributed by atoms with van der Waals surface area (Å²) in [5.41, 5.74) is 0.681. The van der Waals surface area contributed by atoms with Crippen molar-refractivity contribution in [3.63, 3.8) is 0 Å². The van der Waals surface area contributed by atoms with Crippen molar-refractivity contribution in [2.75, 3.05) is 39.4 Å². The molecule has 1 fully saturated rings. The lowest BCUT2D eigenvalue weighted by Gasteiger charge is -2.43. The van der Waals surface area contributed by atoms with Crippen molar-refractivity contribution in [2.24, 2.45) is 5.41 Å². The number of hydrogen-bond acceptors (Lipinski definition) is 3. The van der Waals surface area contributed by atoms with E-state index in [2.05, 4.69) is 44.8 Å². The third-order valence-electron chi connectivity index (χ3n) is 4.67. The Morgan fingerprint density at radius 1 is 1.10 bits per heavy atom. The topological polar surface area (TPSA) is 24.5 Å². The molecule has 0 spiro atoms. The van der Waals surface area contributed by atoms with Crippen molar-refractivity contribution in [3.05, 3.63) is 0 Å². The number of rotatable bonds is 9. The van der Waals surface area contributed by atoms with Gasteiger partial charge in [-0.05, 0) is 52.5 Å². The van der Waals surface area contributed by atoms with Crippen LogP contribution in [0.1, 0.15) is 66.7 Å². The summed E-state index contributed by atoms with van der Waals surface area (Å²) in [5.74, 6) is 0. The summed E-state index contributed by atoms with van der Waals surface area (Å²) in [6.07, 6.45) is 6.97. The molecule has 0 unspecified atom stereocenters. The summed E-state index contributed by atoms with van der Waals surface area (Å²) in [6, 6.07) is 0. The Balaban J connectivity index is 2.58. The van der Waals surface area contributed by atoms with Gasteiger partial charge in [0.05, 0.1) is 6.61 Å². The molecule has 21 heavy (non-hydrogen) atoms. The summed E-state index contributed by atoms with van der Waals surface area (Å²) in [6.45, 7) is 17.4. The Hall–Kier alpha value is -0.120. The van der Waals surface area contributed by atoms with E-state index in [0.29, 0.717) is 5.41 Å². The molecule has 1 aliphatic carbocycles. The van der Waals surface area contributed by atoms with E-state index < -0.39 is 0 Å². The van der Waals surface area contributed by atoms with Crippen LogP contribution in [0.4, 0.5) is 0 Å². The van der Waals surface area contributed by atoms with Crippen LogP contribution in [0.25, 0.3) is 0 Å². The van der Waals surface area contributed by atoms with Crippen molar-refractivity contribution < 1.29 is 4.74 Å². The molecule has 1 saturated carbocycles. The Morgan fingerprint density at radius 2 is 1.76 bits per heavy atom. The third kappa shape index (κ3) is 7.62. The minimum atomic E-state index is 0.215. The van der Waals surface area contributed by atoms with Crippen LogP contribution in [0.5, 0.6) is 0 Å². The maximum atomic E-state index is 5.54. The fourth-order valence-electron chi connectivity index (χ4n) is 3.31. The van der Waals surface area contributed by atoms with Crippen molar-refractivity contribution in [1.82, 2.24) is 10.2 Å². The summed E-state index contributed by atoms with van der Waals surface area (Å²) in [7, 11) is 0. The summed E-state index contributed by atoms with van der Waals surface area (Å²) in [5, 5.41) is 3.77. The maximum Gasteiger partial charge on any atom is 0.0593 e. The highest BCUT2D eigenvalue weighted by molar-refractivity contribution is 4.89. The Kier molecular flexibility index (Phi) is 8.22. The monoisotopic (exact) mass is 298 g/mol. The van der Waals surface area contributed by atoms with Crippen LogP contribution < -0.4 is 5.32 Å².